The van der Waals surface area contributed by atoms with Gasteiger partial charge in [0.25, 0.3) is 5.91 Å². The Balaban J connectivity index is 1.31. The summed E-state index contributed by atoms with van der Waals surface area (Å²) in [7, 11) is 0. The van der Waals surface area contributed by atoms with E-state index in [2.05, 4.69) is 20.3 Å². The number of nitrogens with one attached hydrogen (secondary N) is 1. The molecule has 2 aliphatic carbocycles. The molecule has 32 heavy (non-hydrogen) atoms. The van der Waals surface area contributed by atoms with Gasteiger partial charge in [0, 0.05) is 43.9 Å². The molecule has 3 aliphatic rings. The van der Waals surface area contributed by atoms with Crippen LogP contribution in [0.15, 0.2) is 18.3 Å². The zero-order valence-corrected chi connectivity index (χ0v) is 19.0. The molecule has 0 atom stereocenters. The summed E-state index contributed by atoms with van der Waals surface area (Å²) in [5.41, 5.74) is 2.63. The molecule has 0 aromatic carbocycles. The highest BCUT2D eigenvalue weighted by Crippen LogP contribution is 2.54. The zero-order chi connectivity index (χ0) is 22.5. The minimum absolute atomic E-state index is 0.0730. The van der Waals surface area contributed by atoms with Gasteiger partial charge in [0.05, 0.1) is 17.3 Å². The van der Waals surface area contributed by atoms with E-state index < -0.39 is 5.92 Å². The van der Waals surface area contributed by atoms with Crippen molar-refractivity contribution in [2.24, 2.45) is 5.41 Å². The minimum atomic E-state index is -2.58. The molecule has 0 bridgehead atoms. The molecule has 2 aromatic rings. The van der Waals surface area contributed by atoms with Gasteiger partial charge >= 0.3 is 0 Å². The molecule has 1 spiro atoms. The molecular weight excluding hydrogens is 436 g/mol. The van der Waals surface area contributed by atoms with Crippen LogP contribution in [0.3, 0.4) is 0 Å². The number of halogens is 3. The van der Waals surface area contributed by atoms with Crippen molar-refractivity contribution in [2.45, 2.75) is 70.3 Å². The number of anilines is 2. The normalized spacial score (nSPS) is 22.2. The molecule has 1 aliphatic heterocycles. The molecule has 1 amide bonds. The summed E-state index contributed by atoms with van der Waals surface area (Å²) in [6.45, 7) is 3.69. The Morgan fingerprint density at radius 2 is 1.81 bits per heavy atom. The molecule has 172 valence electrons. The largest absolute Gasteiger partial charge is 0.371 e. The van der Waals surface area contributed by atoms with Crippen molar-refractivity contribution in [1.82, 2.24) is 14.8 Å². The van der Waals surface area contributed by atoms with Crippen LogP contribution in [-0.2, 0) is 0 Å². The van der Waals surface area contributed by atoms with Crippen LogP contribution in [0.4, 0.5) is 20.3 Å². The van der Waals surface area contributed by atoms with Gasteiger partial charge in [-0.15, -0.1) is 0 Å². The van der Waals surface area contributed by atoms with Crippen molar-refractivity contribution in [1.29, 1.82) is 0 Å². The van der Waals surface area contributed by atoms with Gasteiger partial charge in [-0.2, -0.15) is 5.10 Å². The third-order valence-electron chi connectivity index (χ3n) is 7.41. The van der Waals surface area contributed by atoms with Gasteiger partial charge in [-0.1, -0.05) is 11.6 Å². The number of aromatic nitrogens is 3. The number of aryl methyl sites for hydroxylation is 1. The number of alkyl halides is 2. The molecule has 5 rings (SSSR count). The fraction of sp³-hybridized carbons (Fsp3) is 0.609. The summed E-state index contributed by atoms with van der Waals surface area (Å²) in [4.78, 5) is 19.5. The van der Waals surface area contributed by atoms with Crippen molar-refractivity contribution in [3.8, 4) is 0 Å². The fourth-order valence-corrected chi connectivity index (χ4v) is 5.28. The molecule has 3 fully saturated rings. The smallest absolute Gasteiger partial charge is 0.260 e. The maximum atomic E-state index is 13.5. The lowest BCUT2D eigenvalue weighted by molar-refractivity contribution is -0.0451. The average molecular weight is 464 g/mol. The quantitative estimate of drug-likeness (QED) is 0.597. The van der Waals surface area contributed by atoms with Crippen LogP contribution in [0.25, 0.3) is 0 Å². The van der Waals surface area contributed by atoms with E-state index in [4.69, 9.17) is 11.6 Å². The number of carbonyl (C=O) groups is 1. The number of pyridine rings is 1. The fourth-order valence-electron chi connectivity index (χ4n) is 5.13. The number of piperidine rings is 1. The van der Waals surface area contributed by atoms with E-state index in [1.807, 2.05) is 6.92 Å². The Labute approximate surface area is 191 Å². The predicted octanol–water partition coefficient (Wildman–Crippen LogP) is 5.62. The van der Waals surface area contributed by atoms with Gasteiger partial charge < -0.3 is 10.2 Å². The first-order valence-corrected chi connectivity index (χ1v) is 11.8. The Bertz CT molecular complexity index is 1020. The third-order valence-corrected chi connectivity index (χ3v) is 7.62. The number of amides is 1. The number of hydrogen-bond acceptors (Lipinski definition) is 4. The van der Waals surface area contributed by atoms with Crippen LogP contribution in [0.1, 0.15) is 73.5 Å². The van der Waals surface area contributed by atoms with Crippen LogP contribution in [0, 0.1) is 12.3 Å². The summed E-state index contributed by atoms with van der Waals surface area (Å²) < 4.78 is 28.8. The summed E-state index contributed by atoms with van der Waals surface area (Å²) in [6, 6.07) is 3.47. The molecule has 0 unspecified atom stereocenters. The average Bonchev–Trinajstić information content (AvgIpc) is 3.41. The van der Waals surface area contributed by atoms with Crippen LogP contribution in [0.5, 0.6) is 0 Å². The Morgan fingerprint density at radius 1 is 1.12 bits per heavy atom. The molecule has 0 radical (unpaired) electrons. The topological polar surface area (TPSA) is 63.1 Å². The molecular formula is C23H28ClF2N5O. The van der Waals surface area contributed by atoms with Crippen molar-refractivity contribution >= 4 is 29.0 Å². The molecule has 1 saturated heterocycles. The molecule has 2 aromatic heterocycles. The Hall–Kier alpha value is -2.22. The molecule has 9 heteroatoms. The summed E-state index contributed by atoms with van der Waals surface area (Å²) in [5.74, 6) is -2.46. The van der Waals surface area contributed by atoms with Crippen LogP contribution < -0.4 is 10.2 Å². The summed E-state index contributed by atoms with van der Waals surface area (Å²) in [5, 5.41) is 7.75. The highest BCUT2D eigenvalue weighted by atomic mass is 35.5. The first kappa shape index (κ1) is 21.6. The van der Waals surface area contributed by atoms with E-state index in [9.17, 15) is 13.6 Å². The number of rotatable bonds is 4. The van der Waals surface area contributed by atoms with E-state index >= 15 is 0 Å². The highest BCUT2D eigenvalue weighted by molar-refractivity contribution is 6.29. The maximum absolute atomic E-state index is 13.5. The second-order valence-electron chi connectivity index (χ2n) is 9.67. The predicted molar refractivity (Wildman–Crippen MR) is 120 cm³/mol. The molecule has 1 N–H and O–H groups in total. The van der Waals surface area contributed by atoms with Crippen molar-refractivity contribution < 1.29 is 13.6 Å². The van der Waals surface area contributed by atoms with Gasteiger partial charge in [-0.05, 0) is 56.9 Å². The van der Waals surface area contributed by atoms with Crippen LogP contribution in [0.2, 0.25) is 5.15 Å². The van der Waals surface area contributed by atoms with Gasteiger partial charge in [0.15, 0.2) is 5.82 Å². The van der Waals surface area contributed by atoms with E-state index in [1.165, 1.54) is 19.0 Å². The summed E-state index contributed by atoms with van der Waals surface area (Å²) >= 11 is 6.16. The van der Waals surface area contributed by atoms with Gasteiger partial charge in [-0.3, -0.25) is 9.48 Å². The second-order valence-corrected chi connectivity index (χ2v) is 10.1. The van der Waals surface area contributed by atoms with E-state index in [1.54, 1.807) is 16.8 Å². The number of carbonyl (C=O) groups excluding carboxylic acids is 1. The standard InChI is InChI=1S/C23H28ClF2N5O/c1-15-12-20(29-31(15)16-2-4-23(25,26)5-3-16)28-21(32)17-14-27-19(24)13-18(17)30-10-8-22(6-7-22)9-11-30/h12-14,16H,2-11H2,1H3,(H,28,29,32). The summed E-state index contributed by atoms with van der Waals surface area (Å²) in [6.07, 6.45) is 6.91. The Morgan fingerprint density at radius 3 is 2.47 bits per heavy atom. The first-order chi connectivity index (χ1) is 15.2. The maximum Gasteiger partial charge on any atom is 0.260 e. The molecule has 2 saturated carbocycles. The van der Waals surface area contributed by atoms with Crippen molar-refractivity contribution in [2.75, 3.05) is 23.3 Å². The Kier molecular flexibility index (Phi) is 5.39. The monoisotopic (exact) mass is 463 g/mol. The highest BCUT2D eigenvalue weighted by Gasteiger charge is 2.44. The van der Waals surface area contributed by atoms with Gasteiger partial charge in [0.2, 0.25) is 5.92 Å². The lowest BCUT2D eigenvalue weighted by atomic mass is 9.92. The van der Waals surface area contributed by atoms with E-state index in [0.29, 0.717) is 34.8 Å². The number of nitrogens with zero attached hydrogens (tertiary/aromatic N) is 4. The number of hydrogen-bond donors (Lipinski definition) is 1. The van der Waals surface area contributed by atoms with Crippen molar-refractivity contribution in [3.63, 3.8) is 0 Å². The van der Waals surface area contributed by atoms with Gasteiger partial charge in [-0.25, -0.2) is 13.8 Å². The SMILES string of the molecule is Cc1cc(NC(=O)c2cnc(Cl)cc2N2CCC3(CC2)CC3)nn1C1CCC(F)(F)CC1. The van der Waals surface area contributed by atoms with Crippen LogP contribution >= 0.6 is 11.6 Å². The lowest BCUT2D eigenvalue weighted by Crippen LogP contribution is -2.35. The van der Waals surface area contributed by atoms with Gasteiger partial charge in [0.1, 0.15) is 5.15 Å². The van der Waals surface area contributed by atoms with E-state index in [0.717, 1.165) is 37.3 Å². The lowest BCUT2D eigenvalue weighted by Gasteiger charge is -2.34. The molecule has 3 heterocycles. The third kappa shape index (κ3) is 4.34. The van der Waals surface area contributed by atoms with Crippen LogP contribution in [-0.4, -0.2) is 39.7 Å². The van der Waals surface area contributed by atoms with Crippen molar-refractivity contribution in [3.05, 3.63) is 34.7 Å². The minimum Gasteiger partial charge on any atom is -0.371 e. The van der Waals surface area contributed by atoms with E-state index in [-0.39, 0.29) is 24.8 Å². The first-order valence-electron chi connectivity index (χ1n) is 11.4. The zero-order valence-electron chi connectivity index (χ0n) is 18.2. The second kappa shape index (κ2) is 7.97. The molecule has 6 nitrogen and oxygen atoms in total.